The number of aromatic hydroxyl groups is 1. The minimum absolute atomic E-state index is 0.115. The molecule has 0 aromatic heterocycles. The van der Waals surface area contributed by atoms with Gasteiger partial charge in [-0.2, -0.15) is 4.31 Å². The maximum absolute atomic E-state index is 12.7. The fourth-order valence-electron chi connectivity index (χ4n) is 2.76. The summed E-state index contributed by atoms with van der Waals surface area (Å²) >= 11 is 0. The maximum atomic E-state index is 12.7. The number of sulfonamides is 1. The predicted octanol–water partition coefficient (Wildman–Crippen LogP) is 0.670. The highest BCUT2D eigenvalue weighted by Crippen LogP contribution is 2.27. The van der Waals surface area contributed by atoms with Gasteiger partial charge in [-0.3, -0.25) is 4.79 Å². The largest absolute Gasteiger partial charge is 0.507 e. The molecule has 0 saturated carbocycles. The molecule has 1 fully saturated rings. The van der Waals surface area contributed by atoms with E-state index in [1.807, 2.05) is 0 Å². The Morgan fingerprint density at radius 3 is 2.52 bits per heavy atom. The first-order chi connectivity index (χ1) is 12.8. The molecule has 1 aromatic rings. The molecule has 27 heavy (non-hydrogen) atoms. The predicted molar refractivity (Wildman–Crippen MR) is 97.8 cm³/mol. The van der Waals surface area contributed by atoms with Crippen LogP contribution in [0.2, 0.25) is 0 Å². The Morgan fingerprint density at radius 2 is 1.89 bits per heavy atom. The van der Waals surface area contributed by atoms with Crippen LogP contribution < -0.4 is 5.32 Å². The zero-order valence-corrected chi connectivity index (χ0v) is 16.3. The molecule has 1 heterocycles. The summed E-state index contributed by atoms with van der Waals surface area (Å²) in [6.07, 6.45) is -0.455. The van der Waals surface area contributed by atoms with Gasteiger partial charge in [0.05, 0.1) is 6.61 Å². The summed E-state index contributed by atoms with van der Waals surface area (Å²) in [6, 6.07) is 4.43. The zero-order chi connectivity index (χ0) is 20.0. The minimum Gasteiger partial charge on any atom is -0.507 e. The Balaban J connectivity index is 1.90. The van der Waals surface area contributed by atoms with Gasteiger partial charge in [0.15, 0.2) is 0 Å². The molecule has 1 saturated heterocycles. The van der Waals surface area contributed by atoms with E-state index in [-0.39, 0.29) is 62.3 Å². The number of nitrogens with one attached hydrogen (secondary N) is 1. The highest BCUT2D eigenvalue weighted by molar-refractivity contribution is 7.89. The van der Waals surface area contributed by atoms with Gasteiger partial charge in [0.2, 0.25) is 15.9 Å². The number of rotatable bonds is 6. The van der Waals surface area contributed by atoms with Crippen LogP contribution in [0.1, 0.15) is 18.9 Å². The van der Waals surface area contributed by atoms with Gasteiger partial charge < -0.3 is 20.1 Å². The molecule has 1 aromatic carbocycles. The minimum atomic E-state index is -3.83. The van der Waals surface area contributed by atoms with Crippen molar-refractivity contribution >= 4 is 22.0 Å². The van der Waals surface area contributed by atoms with Crippen molar-refractivity contribution in [2.24, 2.45) is 0 Å². The van der Waals surface area contributed by atoms with Crippen LogP contribution in [0.15, 0.2) is 23.1 Å². The number of nitrogens with zero attached hydrogens (tertiary/aromatic N) is 2. The summed E-state index contributed by atoms with van der Waals surface area (Å²) < 4.78 is 31.5. The molecule has 0 aliphatic carbocycles. The van der Waals surface area contributed by atoms with Gasteiger partial charge in [-0.1, -0.05) is 6.07 Å². The lowest BCUT2D eigenvalue weighted by Gasteiger charge is -2.34. The summed E-state index contributed by atoms with van der Waals surface area (Å²) in [4.78, 5) is 24.8. The molecule has 0 radical (unpaired) electrons. The normalized spacial score (nSPS) is 15.4. The third-order valence-electron chi connectivity index (χ3n) is 4.21. The molecule has 0 unspecified atom stereocenters. The SMILES string of the molecule is CCOC(=O)NCCC(=O)N1CCN(S(=O)(=O)c2cc(C)ccc2O)CC1. The summed E-state index contributed by atoms with van der Waals surface area (Å²) in [7, 11) is -3.83. The number of piperazine rings is 1. The van der Waals surface area contributed by atoms with E-state index in [0.29, 0.717) is 0 Å². The van der Waals surface area contributed by atoms with Crippen molar-refractivity contribution in [3.05, 3.63) is 23.8 Å². The fraction of sp³-hybridized carbons (Fsp3) is 0.529. The van der Waals surface area contributed by atoms with Crippen molar-refractivity contribution in [2.75, 3.05) is 39.3 Å². The van der Waals surface area contributed by atoms with E-state index in [0.717, 1.165) is 5.56 Å². The van der Waals surface area contributed by atoms with Crippen molar-refractivity contribution in [1.82, 2.24) is 14.5 Å². The Kier molecular flexibility index (Phi) is 7.03. The van der Waals surface area contributed by atoms with Crippen molar-refractivity contribution in [3.8, 4) is 5.75 Å². The van der Waals surface area contributed by atoms with Gasteiger partial charge in [-0.25, -0.2) is 13.2 Å². The van der Waals surface area contributed by atoms with Gasteiger partial charge in [0.1, 0.15) is 10.6 Å². The van der Waals surface area contributed by atoms with Crippen molar-refractivity contribution < 1.29 is 27.9 Å². The van der Waals surface area contributed by atoms with Crippen LogP contribution in [-0.2, 0) is 19.6 Å². The number of benzene rings is 1. The molecule has 2 rings (SSSR count). The van der Waals surface area contributed by atoms with Crippen molar-refractivity contribution in [2.45, 2.75) is 25.2 Å². The quantitative estimate of drug-likeness (QED) is 0.726. The lowest BCUT2D eigenvalue weighted by molar-refractivity contribution is -0.132. The lowest BCUT2D eigenvalue weighted by atomic mass is 10.2. The number of amides is 2. The second-order valence-corrected chi connectivity index (χ2v) is 8.06. The third kappa shape index (κ3) is 5.33. The van der Waals surface area contributed by atoms with Crippen molar-refractivity contribution in [1.29, 1.82) is 0 Å². The van der Waals surface area contributed by atoms with E-state index in [2.05, 4.69) is 5.32 Å². The summed E-state index contributed by atoms with van der Waals surface area (Å²) in [5.74, 6) is -0.452. The lowest BCUT2D eigenvalue weighted by Crippen LogP contribution is -2.50. The van der Waals surface area contributed by atoms with E-state index in [1.165, 1.54) is 16.4 Å². The number of hydrogen-bond acceptors (Lipinski definition) is 6. The van der Waals surface area contributed by atoms with Crippen LogP contribution in [0.25, 0.3) is 0 Å². The number of aryl methyl sites for hydroxylation is 1. The fourth-order valence-corrected chi connectivity index (χ4v) is 4.35. The summed E-state index contributed by atoms with van der Waals surface area (Å²) in [5, 5.41) is 12.4. The molecule has 2 amide bonds. The van der Waals surface area contributed by atoms with Gasteiger partial charge in [-0.15, -0.1) is 0 Å². The molecular weight excluding hydrogens is 374 g/mol. The Morgan fingerprint density at radius 1 is 1.22 bits per heavy atom. The second kappa shape index (κ2) is 9.05. The molecule has 0 spiro atoms. The topological polar surface area (TPSA) is 116 Å². The van der Waals surface area contributed by atoms with E-state index in [4.69, 9.17) is 4.74 Å². The van der Waals surface area contributed by atoms with Gasteiger partial charge in [0, 0.05) is 39.1 Å². The average Bonchev–Trinajstić information content (AvgIpc) is 2.64. The zero-order valence-electron chi connectivity index (χ0n) is 15.5. The van der Waals surface area contributed by atoms with Crippen LogP contribution in [0.3, 0.4) is 0 Å². The van der Waals surface area contributed by atoms with Crippen LogP contribution in [-0.4, -0.2) is 74.1 Å². The van der Waals surface area contributed by atoms with E-state index >= 15 is 0 Å². The van der Waals surface area contributed by atoms with E-state index in [1.54, 1.807) is 24.8 Å². The molecule has 10 heteroatoms. The number of ether oxygens (including phenoxy) is 1. The molecule has 0 atom stereocenters. The first kappa shape index (κ1) is 21.0. The summed E-state index contributed by atoms with van der Waals surface area (Å²) in [6.45, 7) is 4.65. The Labute approximate surface area is 159 Å². The second-order valence-electron chi connectivity index (χ2n) is 6.15. The van der Waals surface area contributed by atoms with Crippen molar-refractivity contribution in [3.63, 3.8) is 0 Å². The number of phenolic OH excluding ortho intramolecular Hbond substituents is 1. The molecule has 0 bridgehead atoms. The first-order valence-corrected chi connectivity index (χ1v) is 10.2. The molecule has 1 aliphatic heterocycles. The van der Waals surface area contributed by atoms with Crippen LogP contribution >= 0.6 is 0 Å². The van der Waals surface area contributed by atoms with Gasteiger partial charge in [0.25, 0.3) is 0 Å². The maximum Gasteiger partial charge on any atom is 0.407 e. The number of alkyl carbamates (subject to hydrolysis) is 1. The highest BCUT2D eigenvalue weighted by Gasteiger charge is 2.31. The Bertz CT molecular complexity index is 788. The number of carbonyl (C=O) groups excluding carboxylic acids is 2. The molecule has 1 aliphatic rings. The standard InChI is InChI=1S/C17H25N3O6S/c1-3-26-17(23)18-7-6-16(22)19-8-10-20(11-9-19)27(24,25)15-12-13(2)4-5-14(15)21/h4-5,12,21H,3,6-11H2,1-2H3,(H,18,23). The van der Waals surface area contributed by atoms with Gasteiger partial charge in [-0.05, 0) is 31.5 Å². The highest BCUT2D eigenvalue weighted by atomic mass is 32.2. The molecule has 150 valence electrons. The number of carbonyl (C=O) groups is 2. The first-order valence-electron chi connectivity index (χ1n) is 8.74. The number of hydrogen-bond donors (Lipinski definition) is 2. The van der Waals surface area contributed by atoms with Crippen LogP contribution in [0.5, 0.6) is 5.75 Å². The van der Waals surface area contributed by atoms with E-state index in [9.17, 15) is 23.1 Å². The smallest absolute Gasteiger partial charge is 0.407 e. The van der Waals surface area contributed by atoms with Gasteiger partial charge >= 0.3 is 6.09 Å². The van der Waals surface area contributed by atoms with Crippen LogP contribution in [0.4, 0.5) is 4.79 Å². The number of phenols is 1. The van der Waals surface area contributed by atoms with E-state index < -0.39 is 16.1 Å². The Hall–Kier alpha value is -2.33. The molecule has 2 N–H and O–H groups in total. The summed E-state index contributed by atoms with van der Waals surface area (Å²) in [5.41, 5.74) is 0.731. The monoisotopic (exact) mass is 399 g/mol. The van der Waals surface area contributed by atoms with Crippen LogP contribution in [0, 0.1) is 6.92 Å². The molecule has 9 nitrogen and oxygen atoms in total. The molecular formula is C17H25N3O6S. The average molecular weight is 399 g/mol. The third-order valence-corrected chi connectivity index (χ3v) is 6.14.